The Labute approximate surface area is 114 Å². The number of nitrogens with zero attached hydrogens (tertiary/aromatic N) is 3. The Morgan fingerprint density at radius 3 is 3.00 bits per heavy atom. The summed E-state index contributed by atoms with van der Waals surface area (Å²) in [5.41, 5.74) is 8.56. The monoisotopic (exact) mass is 268 g/mol. The fourth-order valence-electron chi connectivity index (χ4n) is 2.66. The summed E-state index contributed by atoms with van der Waals surface area (Å²) in [7, 11) is 1.99. The highest BCUT2D eigenvalue weighted by atomic mass is 32.2. The van der Waals surface area contributed by atoms with Crippen molar-refractivity contribution in [2.24, 2.45) is 12.8 Å². The van der Waals surface area contributed by atoms with Crippen molar-refractivity contribution in [1.82, 2.24) is 14.7 Å². The molecular formula is C13H24N4S. The van der Waals surface area contributed by atoms with Crippen LogP contribution < -0.4 is 5.73 Å². The Morgan fingerprint density at radius 1 is 1.44 bits per heavy atom. The second kappa shape index (κ2) is 6.59. The maximum atomic E-state index is 6.03. The maximum Gasteiger partial charge on any atom is 0.0670 e. The van der Waals surface area contributed by atoms with E-state index in [4.69, 9.17) is 5.73 Å². The van der Waals surface area contributed by atoms with Crippen molar-refractivity contribution in [2.45, 2.75) is 25.8 Å². The summed E-state index contributed by atoms with van der Waals surface area (Å²) in [6, 6.07) is 0.340. The van der Waals surface area contributed by atoms with Crippen LogP contribution in [0.4, 0.5) is 0 Å². The van der Waals surface area contributed by atoms with Crippen molar-refractivity contribution in [3.8, 4) is 0 Å². The summed E-state index contributed by atoms with van der Waals surface area (Å²) in [6.07, 6.45) is 4.40. The summed E-state index contributed by atoms with van der Waals surface area (Å²) in [4.78, 5) is 2.54. The van der Waals surface area contributed by atoms with Crippen LogP contribution in [0.15, 0.2) is 6.20 Å². The predicted octanol–water partition coefficient (Wildman–Crippen LogP) is 1.42. The molecule has 0 amide bonds. The summed E-state index contributed by atoms with van der Waals surface area (Å²) in [5, 5.41) is 4.55. The Hall–Kier alpha value is -0.520. The number of aryl methyl sites for hydroxylation is 2. The standard InChI is InChI=1S/C13H24N4S/c1-3-12-11(10-16(2)15-12)13(9-14)17-5-4-7-18-8-6-17/h10,13H,3-9,14H2,1-2H3. The average molecular weight is 268 g/mol. The van der Waals surface area contributed by atoms with Crippen molar-refractivity contribution in [2.75, 3.05) is 31.1 Å². The van der Waals surface area contributed by atoms with Crippen LogP contribution in [-0.4, -0.2) is 45.8 Å². The fourth-order valence-corrected chi connectivity index (χ4v) is 3.56. The van der Waals surface area contributed by atoms with Gasteiger partial charge in [0.15, 0.2) is 0 Å². The third-order valence-electron chi connectivity index (χ3n) is 3.55. The maximum absolute atomic E-state index is 6.03. The zero-order valence-electron chi connectivity index (χ0n) is 11.4. The molecule has 2 N–H and O–H groups in total. The molecule has 1 aliphatic heterocycles. The van der Waals surface area contributed by atoms with Crippen LogP contribution in [0.5, 0.6) is 0 Å². The highest BCUT2D eigenvalue weighted by Crippen LogP contribution is 2.25. The van der Waals surface area contributed by atoms with Gasteiger partial charge >= 0.3 is 0 Å². The second-order valence-corrected chi connectivity index (χ2v) is 6.04. The molecule has 4 nitrogen and oxygen atoms in total. The van der Waals surface area contributed by atoms with Gasteiger partial charge < -0.3 is 5.73 Å². The van der Waals surface area contributed by atoms with Gasteiger partial charge in [0.2, 0.25) is 0 Å². The van der Waals surface area contributed by atoms with Gasteiger partial charge in [-0.15, -0.1) is 0 Å². The van der Waals surface area contributed by atoms with Gasteiger partial charge in [0.25, 0.3) is 0 Å². The molecule has 0 saturated carbocycles. The minimum Gasteiger partial charge on any atom is -0.329 e. The molecule has 18 heavy (non-hydrogen) atoms. The summed E-state index contributed by atoms with van der Waals surface area (Å²) < 4.78 is 1.92. The largest absolute Gasteiger partial charge is 0.329 e. The molecule has 1 aromatic rings. The van der Waals surface area contributed by atoms with Crippen LogP contribution in [0.1, 0.15) is 30.6 Å². The zero-order chi connectivity index (χ0) is 13.0. The number of nitrogens with two attached hydrogens (primary N) is 1. The van der Waals surface area contributed by atoms with E-state index >= 15 is 0 Å². The molecule has 0 aliphatic carbocycles. The van der Waals surface area contributed by atoms with E-state index < -0.39 is 0 Å². The lowest BCUT2D eigenvalue weighted by Crippen LogP contribution is -2.35. The van der Waals surface area contributed by atoms with Gasteiger partial charge in [0.1, 0.15) is 0 Å². The van der Waals surface area contributed by atoms with Crippen molar-refractivity contribution in [3.63, 3.8) is 0 Å². The zero-order valence-corrected chi connectivity index (χ0v) is 12.2. The molecule has 5 heteroatoms. The fraction of sp³-hybridized carbons (Fsp3) is 0.769. The van der Waals surface area contributed by atoms with E-state index in [1.165, 1.54) is 29.2 Å². The lowest BCUT2D eigenvalue weighted by atomic mass is 10.0. The highest BCUT2D eigenvalue weighted by Gasteiger charge is 2.23. The van der Waals surface area contributed by atoms with Crippen LogP contribution in [0.3, 0.4) is 0 Å². The van der Waals surface area contributed by atoms with E-state index in [1.807, 2.05) is 11.7 Å². The Morgan fingerprint density at radius 2 is 2.28 bits per heavy atom. The van der Waals surface area contributed by atoms with Crippen LogP contribution in [0.25, 0.3) is 0 Å². The van der Waals surface area contributed by atoms with Gasteiger partial charge in [-0.1, -0.05) is 6.92 Å². The SMILES string of the molecule is CCc1nn(C)cc1C(CN)N1CCCSCC1. The Bertz CT molecular complexity index is 369. The van der Waals surface area contributed by atoms with Crippen LogP contribution in [0.2, 0.25) is 0 Å². The number of thioether (sulfide) groups is 1. The normalized spacial score (nSPS) is 19.7. The van der Waals surface area contributed by atoms with Crippen LogP contribution in [-0.2, 0) is 13.5 Å². The molecule has 102 valence electrons. The molecule has 1 saturated heterocycles. The van der Waals surface area contributed by atoms with Crippen LogP contribution >= 0.6 is 11.8 Å². The summed E-state index contributed by atoms with van der Waals surface area (Å²) in [6.45, 7) is 5.15. The van der Waals surface area contributed by atoms with Gasteiger partial charge in [0, 0.05) is 37.7 Å². The second-order valence-electron chi connectivity index (χ2n) is 4.81. The molecule has 1 fully saturated rings. The van der Waals surface area contributed by atoms with E-state index in [2.05, 4.69) is 34.9 Å². The molecule has 0 spiro atoms. The number of rotatable bonds is 4. The topological polar surface area (TPSA) is 47.1 Å². The molecule has 1 unspecified atom stereocenters. The van der Waals surface area contributed by atoms with Crippen molar-refractivity contribution in [1.29, 1.82) is 0 Å². The van der Waals surface area contributed by atoms with Crippen molar-refractivity contribution < 1.29 is 0 Å². The van der Waals surface area contributed by atoms with E-state index in [0.717, 1.165) is 19.5 Å². The highest BCUT2D eigenvalue weighted by molar-refractivity contribution is 7.99. The number of hydrogen-bond donors (Lipinski definition) is 1. The first-order chi connectivity index (χ1) is 8.76. The molecule has 0 bridgehead atoms. The number of aromatic nitrogens is 2. The molecule has 1 aromatic heterocycles. The third-order valence-corrected chi connectivity index (χ3v) is 4.60. The third kappa shape index (κ3) is 3.08. The molecule has 2 heterocycles. The minimum atomic E-state index is 0.340. The van der Waals surface area contributed by atoms with Crippen molar-refractivity contribution in [3.05, 3.63) is 17.5 Å². The van der Waals surface area contributed by atoms with Gasteiger partial charge in [-0.25, -0.2) is 0 Å². The Balaban J connectivity index is 2.20. The summed E-state index contributed by atoms with van der Waals surface area (Å²) >= 11 is 2.05. The van der Waals surface area contributed by atoms with E-state index in [-0.39, 0.29) is 0 Å². The van der Waals surface area contributed by atoms with Gasteiger partial charge in [0.05, 0.1) is 11.7 Å². The van der Waals surface area contributed by atoms with E-state index in [9.17, 15) is 0 Å². The lowest BCUT2D eigenvalue weighted by Gasteiger charge is -2.29. The molecule has 2 rings (SSSR count). The molecule has 1 aliphatic rings. The van der Waals surface area contributed by atoms with Gasteiger partial charge in [-0.05, 0) is 25.1 Å². The summed E-state index contributed by atoms with van der Waals surface area (Å²) in [5.74, 6) is 2.50. The first-order valence-electron chi connectivity index (χ1n) is 6.80. The number of hydrogen-bond acceptors (Lipinski definition) is 4. The van der Waals surface area contributed by atoms with E-state index in [0.29, 0.717) is 12.6 Å². The molecule has 1 atom stereocenters. The first kappa shape index (κ1) is 13.9. The Kier molecular flexibility index (Phi) is 5.09. The average Bonchev–Trinajstić information content (AvgIpc) is 2.58. The molecular weight excluding hydrogens is 244 g/mol. The quantitative estimate of drug-likeness (QED) is 0.897. The van der Waals surface area contributed by atoms with Gasteiger partial charge in [-0.2, -0.15) is 16.9 Å². The van der Waals surface area contributed by atoms with Crippen molar-refractivity contribution >= 4 is 11.8 Å². The minimum absolute atomic E-state index is 0.340. The molecule has 0 aromatic carbocycles. The first-order valence-corrected chi connectivity index (χ1v) is 7.96. The lowest BCUT2D eigenvalue weighted by molar-refractivity contribution is 0.217. The predicted molar refractivity (Wildman–Crippen MR) is 77.9 cm³/mol. The van der Waals surface area contributed by atoms with E-state index in [1.54, 1.807) is 0 Å². The smallest absolute Gasteiger partial charge is 0.0670 e. The van der Waals surface area contributed by atoms with Gasteiger partial charge in [-0.3, -0.25) is 9.58 Å². The molecule has 0 radical (unpaired) electrons. The van der Waals surface area contributed by atoms with Crippen LogP contribution in [0, 0.1) is 0 Å².